The number of nitrogens with one attached hydrogen (secondary N) is 2. The highest BCUT2D eigenvalue weighted by atomic mass is 16.6. The molecule has 1 aromatic carbocycles. The molecule has 3 aliphatic heterocycles. The van der Waals surface area contributed by atoms with E-state index in [-0.39, 0.29) is 60.7 Å². The summed E-state index contributed by atoms with van der Waals surface area (Å²) >= 11 is 0. The molecule has 324 valence electrons. The van der Waals surface area contributed by atoms with E-state index in [0.29, 0.717) is 42.7 Å². The second-order valence-corrected chi connectivity index (χ2v) is 16.9. The van der Waals surface area contributed by atoms with Crippen molar-refractivity contribution in [2.45, 2.75) is 97.2 Å². The lowest BCUT2D eigenvalue weighted by Gasteiger charge is -2.45. The van der Waals surface area contributed by atoms with Crippen molar-refractivity contribution in [2.24, 2.45) is 11.3 Å². The van der Waals surface area contributed by atoms with Crippen LogP contribution in [0.5, 0.6) is 0 Å². The van der Waals surface area contributed by atoms with Crippen LogP contribution in [-0.4, -0.2) is 75.0 Å². The van der Waals surface area contributed by atoms with Crippen molar-refractivity contribution in [2.75, 3.05) is 38.7 Å². The minimum absolute atomic E-state index is 0.0166. The average molecular weight is 836 g/mol. The van der Waals surface area contributed by atoms with Gasteiger partial charge in [-0.2, -0.15) is 0 Å². The number of benzene rings is 1. The molecule has 1 saturated heterocycles. The Morgan fingerprint density at radius 3 is 2.36 bits per heavy atom. The summed E-state index contributed by atoms with van der Waals surface area (Å²) in [6.07, 6.45) is 16.2. The predicted octanol–water partition coefficient (Wildman–Crippen LogP) is 6.42. The lowest BCUT2D eigenvalue weighted by molar-refractivity contribution is -0.162. The molecule has 0 saturated carbocycles. The summed E-state index contributed by atoms with van der Waals surface area (Å²) in [5.41, 5.74) is 1.71. The quantitative estimate of drug-likeness (QED) is 0.0708. The first-order valence-corrected chi connectivity index (χ1v) is 21.1. The predicted molar refractivity (Wildman–Crippen MR) is 231 cm³/mol. The molecule has 2 N–H and O–H groups in total. The van der Waals surface area contributed by atoms with E-state index in [1.54, 1.807) is 24.3 Å². The number of hydrogen-bond donors (Lipinski definition) is 2. The van der Waals surface area contributed by atoms with Gasteiger partial charge in [0.25, 0.3) is 0 Å². The van der Waals surface area contributed by atoms with Crippen molar-refractivity contribution in [1.82, 2.24) is 10.6 Å². The number of amides is 2. The number of unbranched alkanes of at least 4 members (excludes halogenated alkanes) is 3. The zero-order valence-electron chi connectivity index (χ0n) is 36.0. The van der Waals surface area contributed by atoms with E-state index in [9.17, 15) is 28.8 Å². The molecule has 2 amide bonds. The van der Waals surface area contributed by atoms with E-state index >= 15 is 0 Å². The number of nitrogens with zero attached hydrogens (tertiary/aromatic N) is 1. The van der Waals surface area contributed by atoms with Crippen LogP contribution in [0.1, 0.15) is 84.6 Å². The molecule has 61 heavy (non-hydrogen) atoms. The van der Waals surface area contributed by atoms with Crippen molar-refractivity contribution in [1.29, 1.82) is 0 Å². The maximum atomic E-state index is 14.2. The summed E-state index contributed by atoms with van der Waals surface area (Å²) in [6.45, 7) is 8.91. The summed E-state index contributed by atoms with van der Waals surface area (Å²) in [5.74, 6) is -1.82. The fourth-order valence-corrected chi connectivity index (χ4v) is 8.42. The second kappa shape index (κ2) is 19.2. The lowest BCUT2D eigenvalue weighted by Crippen LogP contribution is -2.53. The molecule has 13 heteroatoms. The number of ether oxygens (including phenoxy) is 3. The van der Waals surface area contributed by atoms with Gasteiger partial charge in [0.15, 0.2) is 5.60 Å². The number of carbonyl (C=O) groups is 5. The first-order valence-electron chi connectivity index (χ1n) is 21.1. The van der Waals surface area contributed by atoms with Gasteiger partial charge in [0.2, 0.25) is 17.6 Å². The van der Waals surface area contributed by atoms with Gasteiger partial charge in [0.1, 0.15) is 29.6 Å². The van der Waals surface area contributed by atoms with E-state index in [2.05, 4.69) is 10.6 Å². The van der Waals surface area contributed by atoms with E-state index < -0.39 is 34.7 Å². The fraction of sp³-hybridized carbons (Fsp3) is 0.458. The van der Waals surface area contributed by atoms with Crippen molar-refractivity contribution in [3.8, 4) is 0 Å². The Morgan fingerprint density at radius 2 is 1.66 bits per heavy atom. The molecule has 1 aromatic heterocycles. The van der Waals surface area contributed by atoms with Crippen molar-refractivity contribution >= 4 is 46.2 Å². The summed E-state index contributed by atoms with van der Waals surface area (Å²) in [6, 6.07) is 6.92. The summed E-state index contributed by atoms with van der Waals surface area (Å²) in [5, 5.41) is 6.52. The zero-order chi connectivity index (χ0) is 43.9. The van der Waals surface area contributed by atoms with Crippen LogP contribution in [0.25, 0.3) is 11.0 Å². The Balaban J connectivity index is 0.943. The van der Waals surface area contributed by atoms with Crippen LogP contribution in [0.4, 0.5) is 5.69 Å². The molecule has 0 unspecified atom stereocenters. The van der Waals surface area contributed by atoms with Crippen LogP contribution < -0.4 is 21.2 Å². The summed E-state index contributed by atoms with van der Waals surface area (Å²) < 4.78 is 23.2. The van der Waals surface area contributed by atoms with Gasteiger partial charge in [-0.25, -0.2) is 9.59 Å². The van der Waals surface area contributed by atoms with Crippen LogP contribution in [0, 0.1) is 11.3 Å². The molecular formula is C48H57N3O10. The van der Waals surface area contributed by atoms with Crippen LogP contribution >= 0.6 is 0 Å². The van der Waals surface area contributed by atoms with Gasteiger partial charge in [-0.3, -0.25) is 19.2 Å². The number of esters is 2. The largest absolute Gasteiger partial charge is 0.488 e. The highest BCUT2D eigenvalue weighted by Crippen LogP contribution is 2.53. The molecule has 2 aromatic rings. The summed E-state index contributed by atoms with van der Waals surface area (Å²) in [7, 11) is 3.80. The molecular weight excluding hydrogens is 779 g/mol. The van der Waals surface area contributed by atoms with Gasteiger partial charge in [-0.05, 0) is 75.0 Å². The molecule has 4 bridgehead atoms. The van der Waals surface area contributed by atoms with Gasteiger partial charge in [0, 0.05) is 69.7 Å². The normalized spacial score (nSPS) is 26.0. The van der Waals surface area contributed by atoms with Crippen LogP contribution in [0.3, 0.4) is 0 Å². The fourth-order valence-electron chi connectivity index (χ4n) is 8.42. The molecule has 4 heterocycles. The molecule has 2 aliphatic carbocycles. The maximum Gasteiger partial charge on any atom is 0.346 e. The first kappa shape index (κ1) is 44.6. The number of anilines is 1. The number of carbonyl (C=O) groups excluding carboxylic acids is 5. The number of Topliss-reactive ketones (excluding diaryl/α,β-unsaturated/α-hetero) is 1. The van der Waals surface area contributed by atoms with E-state index in [1.807, 2.05) is 83.1 Å². The van der Waals surface area contributed by atoms with Gasteiger partial charge in [-0.1, -0.05) is 61.3 Å². The highest BCUT2D eigenvalue weighted by molar-refractivity contribution is 6.26. The lowest BCUT2D eigenvalue weighted by atomic mass is 9.61. The minimum atomic E-state index is -1.40. The standard InChI is InChI=1S/C48H57N3O10/c1-30-12-11-13-36(22-33-14-17-38(58-29-33)44-45(56)48(61-46(44)57)28-32(3)31(2)27-47(48,4)26-30)59-42(54)19-18-40(52)49-20-9-7-8-10-21-50-41(53)23-34-24-43(55)60-39-25-35(51(5)6)15-16-37(34)39/h11-12,14-17,22,24-27,32,36H,7-10,13,18-21,23,28-29H2,1-6H3,(H,49,52)(H,50,53)/b12-11-,30-26-,33-22?,44-38+/t32-,36+,47-,48+/m0/s1. The van der Waals surface area contributed by atoms with Crippen molar-refractivity contribution < 1.29 is 42.6 Å². The zero-order valence-corrected chi connectivity index (χ0v) is 36.0. The van der Waals surface area contributed by atoms with E-state index in [1.165, 1.54) is 6.07 Å². The Bertz CT molecular complexity index is 2330. The molecule has 4 atom stereocenters. The minimum Gasteiger partial charge on any atom is -0.488 e. The number of allylic oxidation sites excluding steroid dienone is 4. The van der Waals surface area contributed by atoms with E-state index in [0.717, 1.165) is 47.9 Å². The Kier molecular flexibility index (Phi) is 14.0. The summed E-state index contributed by atoms with van der Waals surface area (Å²) in [4.78, 5) is 79.8. The number of hydrogen-bond acceptors (Lipinski definition) is 11. The Hall–Kier alpha value is -5.98. The van der Waals surface area contributed by atoms with Crippen LogP contribution in [0.2, 0.25) is 0 Å². The Morgan fingerprint density at radius 1 is 0.918 bits per heavy atom. The van der Waals surface area contributed by atoms with Crippen molar-refractivity contribution in [3.63, 3.8) is 0 Å². The molecule has 7 rings (SSSR count). The third-order valence-electron chi connectivity index (χ3n) is 11.9. The first-order chi connectivity index (χ1) is 29.1. The molecule has 13 nitrogen and oxygen atoms in total. The number of rotatable bonds is 14. The second-order valence-electron chi connectivity index (χ2n) is 16.9. The van der Waals surface area contributed by atoms with Gasteiger partial charge < -0.3 is 34.2 Å². The van der Waals surface area contributed by atoms with Gasteiger partial charge >= 0.3 is 17.6 Å². The third-order valence-corrected chi connectivity index (χ3v) is 11.9. The highest BCUT2D eigenvalue weighted by Gasteiger charge is 2.64. The van der Waals surface area contributed by atoms with E-state index in [4.69, 9.17) is 18.6 Å². The third kappa shape index (κ3) is 10.5. The average Bonchev–Trinajstić information content (AvgIpc) is 3.45. The molecule has 0 radical (unpaired) electrons. The number of ketones is 1. The molecule has 1 fully saturated rings. The van der Waals surface area contributed by atoms with Gasteiger partial charge in [-0.15, -0.1) is 0 Å². The van der Waals surface area contributed by atoms with Crippen molar-refractivity contribution in [3.05, 3.63) is 111 Å². The van der Waals surface area contributed by atoms with Crippen LogP contribution in [-0.2, 0) is 44.6 Å². The molecule has 5 aliphatic rings. The Labute approximate surface area is 356 Å². The topological polar surface area (TPSA) is 171 Å². The van der Waals surface area contributed by atoms with Gasteiger partial charge in [0.05, 0.1) is 18.3 Å². The molecule has 1 spiro atoms. The number of fused-ring (bicyclic) bond motifs is 6. The monoisotopic (exact) mass is 835 g/mol. The maximum absolute atomic E-state index is 14.2. The van der Waals surface area contributed by atoms with Crippen LogP contribution in [0.15, 0.2) is 104 Å². The smallest absolute Gasteiger partial charge is 0.346 e. The SMILES string of the molecule is CC1=C[C@]2(C)/C=C(C)\C=C/C[C@@H](OC(=O)CCC(=O)NCCCCCCNC(=O)Cc3cc(=O)oc4cc(N(C)C)ccc34)C=C3C=C/C(=C4\C(=O)O[C@]2(C[C@@H]1C)C4=O)OC3.